The lowest BCUT2D eigenvalue weighted by Gasteiger charge is -2.29. The molecule has 0 bridgehead atoms. The van der Waals surface area contributed by atoms with Crippen LogP contribution in [0.2, 0.25) is 0 Å². The molecular weight excluding hydrogens is 272 g/mol. The van der Waals surface area contributed by atoms with Gasteiger partial charge in [-0.15, -0.1) is 22.0 Å². The summed E-state index contributed by atoms with van der Waals surface area (Å²) in [4.78, 5) is 25.6. The number of rotatable bonds is 2. The van der Waals surface area contributed by atoms with Crippen LogP contribution in [-0.2, 0) is 9.59 Å². The Morgan fingerprint density at radius 2 is 2.50 bits per heavy atom. The minimum atomic E-state index is -0.390. The fraction of sp³-hybridized carbons (Fsp3) is 0.600. The van der Waals surface area contributed by atoms with Gasteiger partial charge < -0.3 is 4.90 Å². The van der Waals surface area contributed by atoms with Gasteiger partial charge in [-0.3, -0.25) is 14.9 Å². The van der Waals surface area contributed by atoms with Crippen LogP contribution in [0.4, 0.5) is 5.13 Å². The monoisotopic (exact) mass is 284 g/mol. The lowest BCUT2D eigenvalue weighted by molar-refractivity contribution is -0.135. The molecule has 2 aliphatic heterocycles. The first-order valence-electron chi connectivity index (χ1n) is 5.63. The number of aromatic nitrogens is 2. The molecule has 0 saturated carbocycles. The van der Waals surface area contributed by atoms with Crippen LogP contribution in [0.3, 0.4) is 0 Å². The largest absolute Gasteiger partial charge is 0.315 e. The zero-order valence-corrected chi connectivity index (χ0v) is 11.4. The van der Waals surface area contributed by atoms with E-state index in [1.807, 2.05) is 6.92 Å². The number of nitrogens with one attached hydrogen (secondary N) is 1. The minimum absolute atomic E-state index is 0.0694. The molecule has 1 N–H and O–H groups in total. The average Bonchev–Trinajstić information content (AvgIpc) is 2.99. The second kappa shape index (κ2) is 4.20. The number of hydrogen-bond acceptors (Lipinski definition) is 6. The Balaban J connectivity index is 1.77. The van der Waals surface area contributed by atoms with Crippen molar-refractivity contribution >= 4 is 40.0 Å². The zero-order valence-electron chi connectivity index (χ0n) is 9.75. The molecule has 6 nitrogen and oxygen atoms in total. The van der Waals surface area contributed by atoms with Crippen molar-refractivity contribution in [3.8, 4) is 0 Å². The smallest absolute Gasteiger partial charge is 0.249 e. The second-order valence-electron chi connectivity index (χ2n) is 4.50. The summed E-state index contributed by atoms with van der Waals surface area (Å²) in [6, 6.07) is -0.390. The van der Waals surface area contributed by atoms with E-state index in [4.69, 9.17) is 0 Å². The Bertz CT molecular complexity index is 492. The van der Waals surface area contributed by atoms with Crippen molar-refractivity contribution in [3.05, 3.63) is 5.51 Å². The van der Waals surface area contributed by atoms with E-state index in [1.54, 1.807) is 22.2 Å². The Hall–Kier alpha value is -1.15. The van der Waals surface area contributed by atoms with Crippen LogP contribution < -0.4 is 5.32 Å². The number of anilines is 1. The van der Waals surface area contributed by atoms with E-state index >= 15 is 0 Å². The van der Waals surface area contributed by atoms with E-state index in [0.717, 1.165) is 6.42 Å². The van der Waals surface area contributed by atoms with E-state index in [1.165, 1.54) is 11.3 Å². The number of amides is 2. The lowest BCUT2D eigenvalue weighted by Crippen LogP contribution is -2.48. The minimum Gasteiger partial charge on any atom is -0.315 e. The number of carbonyl (C=O) groups is 2. The van der Waals surface area contributed by atoms with E-state index in [9.17, 15) is 9.59 Å². The number of carbonyl (C=O) groups excluding carboxylic acids is 2. The highest BCUT2D eigenvalue weighted by Gasteiger charge is 2.52. The summed E-state index contributed by atoms with van der Waals surface area (Å²) in [6.07, 6.45) is 1.35. The predicted octanol–water partition coefficient (Wildman–Crippen LogP) is 0.931. The molecule has 1 aromatic rings. The third-order valence-corrected chi connectivity index (χ3v) is 5.45. The van der Waals surface area contributed by atoms with Crippen LogP contribution >= 0.6 is 23.1 Å². The van der Waals surface area contributed by atoms with Crippen LogP contribution in [-0.4, -0.2) is 43.6 Å². The maximum atomic E-state index is 12.2. The topological polar surface area (TPSA) is 75.2 Å². The molecule has 2 amide bonds. The van der Waals surface area contributed by atoms with Crippen molar-refractivity contribution in [3.63, 3.8) is 0 Å². The number of thioether (sulfide) groups is 1. The van der Waals surface area contributed by atoms with Crippen LogP contribution in [0.15, 0.2) is 5.51 Å². The summed E-state index contributed by atoms with van der Waals surface area (Å²) in [7, 11) is 0. The molecule has 8 heteroatoms. The Morgan fingerprint density at radius 1 is 1.67 bits per heavy atom. The summed E-state index contributed by atoms with van der Waals surface area (Å²) in [5.41, 5.74) is 1.56. The van der Waals surface area contributed by atoms with Gasteiger partial charge in [-0.25, -0.2) is 0 Å². The molecule has 0 radical (unpaired) electrons. The third-order valence-electron chi connectivity index (χ3n) is 3.34. The fourth-order valence-corrected chi connectivity index (χ4v) is 4.31. The number of fused-ring (bicyclic) bond motifs is 1. The van der Waals surface area contributed by atoms with E-state index < -0.39 is 0 Å². The van der Waals surface area contributed by atoms with Crippen LogP contribution in [0.5, 0.6) is 0 Å². The van der Waals surface area contributed by atoms with E-state index in [2.05, 4.69) is 15.5 Å². The highest BCUT2D eigenvalue weighted by atomic mass is 32.2. The molecule has 2 fully saturated rings. The van der Waals surface area contributed by atoms with Crippen LogP contribution in [0.1, 0.15) is 19.8 Å². The van der Waals surface area contributed by atoms with Crippen molar-refractivity contribution in [1.29, 1.82) is 0 Å². The molecule has 2 aliphatic rings. The van der Waals surface area contributed by atoms with Gasteiger partial charge in [-0.2, -0.15) is 0 Å². The molecule has 1 aromatic heterocycles. The van der Waals surface area contributed by atoms with E-state index in [0.29, 0.717) is 17.3 Å². The highest BCUT2D eigenvalue weighted by Crippen LogP contribution is 2.47. The van der Waals surface area contributed by atoms with Gasteiger partial charge >= 0.3 is 0 Å². The predicted molar refractivity (Wildman–Crippen MR) is 69.3 cm³/mol. The van der Waals surface area contributed by atoms with Gasteiger partial charge in [-0.05, 0) is 13.3 Å². The van der Waals surface area contributed by atoms with Crippen LogP contribution in [0, 0.1) is 0 Å². The Kier molecular flexibility index (Phi) is 2.78. The SMILES string of the molecule is CC12CCC(=O)N1C(C(=O)Nc1nncs1)CS2. The van der Waals surface area contributed by atoms with Crippen molar-refractivity contribution in [2.45, 2.75) is 30.7 Å². The quantitative estimate of drug-likeness (QED) is 0.874. The first-order chi connectivity index (χ1) is 8.60. The zero-order chi connectivity index (χ0) is 12.8. The van der Waals surface area contributed by atoms with Crippen molar-refractivity contribution in [2.75, 3.05) is 11.1 Å². The first kappa shape index (κ1) is 11.9. The highest BCUT2D eigenvalue weighted by molar-refractivity contribution is 8.01. The van der Waals surface area contributed by atoms with E-state index in [-0.39, 0.29) is 22.7 Å². The van der Waals surface area contributed by atoms with Gasteiger partial charge in [0.15, 0.2) is 0 Å². The van der Waals surface area contributed by atoms with Gasteiger partial charge in [0.05, 0.1) is 4.87 Å². The Labute approximate surface area is 112 Å². The van der Waals surface area contributed by atoms with Crippen LogP contribution in [0.25, 0.3) is 0 Å². The molecule has 18 heavy (non-hydrogen) atoms. The standard InChI is InChI=1S/C10H12N4O2S2/c1-10-3-2-7(15)14(10)6(4-18-10)8(16)12-9-13-11-5-17-9/h5-6H,2-4H2,1H3,(H,12,13,16). The van der Waals surface area contributed by atoms with Gasteiger partial charge in [-0.1, -0.05) is 11.3 Å². The molecule has 0 aliphatic carbocycles. The fourth-order valence-electron chi connectivity index (χ4n) is 2.43. The molecule has 96 valence electrons. The van der Waals surface area contributed by atoms with Crippen molar-refractivity contribution in [2.24, 2.45) is 0 Å². The second-order valence-corrected chi connectivity index (χ2v) is 6.83. The first-order valence-corrected chi connectivity index (χ1v) is 7.50. The lowest BCUT2D eigenvalue weighted by atomic mass is 10.2. The molecular formula is C10H12N4O2S2. The maximum Gasteiger partial charge on any atom is 0.249 e. The summed E-state index contributed by atoms with van der Waals surface area (Å²) < 4.78 is 0. The molecule has 3 heterocycles. The van der Waals surface area contributed by atoms with Crippen molar-refractivity contribution < 1.29 is 9.59 Å². The number of hydrogen-bond donors (Lipinski definition) is 1. The van der Waals surface area contributed by atoms with Gasteiger partial charge in [0.2, 0.25) is 16.9 Å². The third kappa shape index (κ3) is 1.79. The molecule has 2 unspecified atom stereocenters. The average molecular weight is 284 g/mol. The summed E-state index contributed by atoms with van der Waals surface area (Å²) >= 11 is 2.95. The molecule has 2 saturated heterocycles. The number of nitrogens with zero attached hydrogens (tertiary/aromatic N) is 3. The maximum absolute atomic E-state index is 12.2. The Morgan fingerprint density at radius 3 is 3.22 bits per heavy atom. The molecule has 0 aromatic carbocycles. The molecule has 0 spiro atoms. The summed E-state index contributed by atoms with van der Waals surface area (Å²) in [6.45, 7) is 2.03. The summed E-state index contributed by atoms with van der Waals surface area (Å²) in [5, 5.41) is 10.6. The van der Waals surface area contributed by atoms with Gasteiger partial charge in [0.25, 0.3) is 0 Å². The molecule has 2 atom stereocenters. The summed E-state index contributed by atoms with van der Waals surface area (Å²) in [5.74, 6) is 0.547. The van der Waals surface area contributed by atoms with Gasteiger partial charge in [0.1, 0.15) is 11.6 Å². The normalized spacial score (nSPS) is 30.6. The van der Waals surface area contributed by atoms with Crippen molar-refractivity contribution in [1.82, 2.24) is 15.1 Å². The van der Waals surface area contributed by atoms with Gasteiger partial charge in [0, 0.05) is 12.2 Å². The molecule has 3 rings (SSSR count).